The van der Waals surface area contributed by atoms with Gasteiger partial charge in [-0.2, -0.15) is 0 Å². The lowest BCUT2D eigenvalue weighted by molar-refractivity contribution is -0.0679. The Balaban J connectivity index is 1.98. The smallest absolute Gasteiger partial charge is 0.107 e. The van der Waals surface area contributed by atoms with Gasteiger partial charge in [0.25, 0.3) is 0 Å². The Morgan fingerprint density at radius 2 is 1.82 bits per heavy atom. The standard InChI is InChI=1S/C13H20N2O2/c1-12-3-9-2-10(4-12)6-13(5-9,8-12)11(15-17)7-14-16/h7,9-10,16-17H,2-6,8H2,1H3/b14-7+,15-11+/t9-,10+,12?,13?. The van der Waals surface area contributed by atoms with E-state index in [1.54, 1.807) is 0 Å². The molecule has 17 heavy (non-hydrogen) atoms. The summed E-state index contributed by atoms with van der Waals surface area (Å²) in [7, 11) is 0. The van der Waals surface area contributed by atoms with Crippen LogP contribution in [0.15, 0.2) is 10.3 Å². The minimum atomic E-state index is -0.0280. The quantitative estimate of drug-likeness (QED) is 0.440. The molecule has 0 heterocycles. The minimum Gasteiger partial charge on any atom is -0.411 e. The highest BCUT2D eigenvalue weighted by atomic mass is 16.4. The van der Waals surface area contributed by atoms with Crippen LogP contribution in [0.25, 0.3) is 0 Å². The molecule has 0 spiro atoms. The topological polar surface area (TPSA) is 65.2 Å². The van der Waals surface area contributed by atoms with E-state index in [4.69, 9.17) is 5.21 Å². The van der Waals surface area contributed by atoms with Crippen molar-refractivity contribution in [1.29, 1.82) is 0 Å². The molecule has 2 unspecified atom stereocenters. The van der Waals surface area contributed by atoms with E-state index in [-0.39, 0.29) is 5.41 Å². The minimum absolute atomic E-state index is 0.0280. The van der Waals surface area contributed by atoms with Crippen molar-refractivity contribution in [2.24, 2.45) is 33.0 Å². The summed E-state index contributed by atoms with van der Waals surface area (Å²) in [5, 5.41) is 24.4. The summed E-state index contributed by atoms with van der Waals surface area (Å²) < 4.78 is 0. The molecule has 4 aliphatic rings. The molecule has 4 saturated carbocycles. The van der Waals surface area contributed by atoms with Crippen molar-refractivity contribution in [3.8, 4) is 0 Å². The second-order valence-electron chi connectivity index (χ2n) is 6.78. The highest BCUT2D eigenvalue weighted by Gasteiger charge is 2.57. The normalized spacial score (nSPS) is 49.1. The highest BCUT2D eigenvalue weighted by molar-refractivity contribution is 6.32. The van der Waals surface area contributed by atoms with Gasteiger partial charge in [-0.15, -0.1) is 0 Å². The summed E-state index contributed by atoms with van der Waals surface area (Å²) in [6, 6.07) is 0. The van der Waals surface area contributed by atoms with Crippen molar-refractivity contribution in [3.63, 3.8) is 0 Å². The lowest BCUT2D eigenvalue weighted by Gasteiger charge is -2.61. The van der Waals surface area contributed by atoms with Crippen LogP contribution in [-0.2, 0) is 0 Å². The number of hydrogen-bond donors (Lipinski definition) is 2. The van der Waals surface area contributed by atoms with Crippen LogP contribution in [-0.4, -0.2) is 22.3 Å². The maximum absolute atomic E-state index is 9.19. The molecule has 0 saturated heterocycles. The van der Waals surface area contributed by atoms with E-state index in [0.717, 1.165) is 31.1 Å². The largest absolute Gasteiger partial charge is 0.411 e. The maximum Gasteiger partial charge on any atom is 0.107 e. The number of rotatable bonds is 2. The van der Waals surface area contributed by atoms with E-state index in [0.29, 0.717) is 11.1 Å². The van der Waals surface area contributed by atoms with E-state index >= 15 is 0 Å². The summed E-state index contributed by atoms with van der Waals surface area (Å²) >= 11 is 0. The Bertz CT molecular complexity index is 375. The summed E-state index contributed by atoms with van der Waals surface area (Å²) in [5.41, 5.74) is 0.962. The van der Waals surface area contributed by atoms with Crippen molar-refractivity contribution >= 4 is 11.9 Å². The summed E-state index contributed by atoms with van der Waals surface area (Å²) in [4.78, 5) is 0. The molecule has 0 radical (unpaired) electrons. The van der Waals surface area contributed by atoms with E-state index in [2.05, 4.69) is 17.2 Å². The lowest BCUT2D eigenvalue weighted by atomic mass is 9.44. The average molecular weight is 236 g/mol. The molecule has 0 aromatic heterocycles. The van der Waals surface area contributed by atoms with Gasteiger partial charge >= 0.3 is 0 Å². The Hall–Kier alpha value is -1.06. The maximum atomic E-state index is 9.19. The van der Waals surface area contributed by atoms with Crippen molar-refractivity contribution < 1.29 is 10.4 Å². The second kappa shape index (κ2) is 3.47. The fourth-order valence-corrected chi connectivity index (χ4v) is 5.34. The summed E-state index contributed by atoms with van der Waals surface area (Å²) in [6.45, 7) is 2.37. The van der Waals surface area contributed by atoms with Gasteiger partial charge < -0.3 is 10.4 Å². The molecule has 2 N–H and O–H groups in total. The highest BCUT2D eigenvalue weighted by Crippen LogP contribution is 2.65. The van der Waals surface area contributed by atoms with Crippen LogP contribution in [0.4, 0.5) is 0 Å². The molecule has 4 fully saturated rings. The Kier molecular flexibility index (Phi) is 2.25. The number of hydrogen-bond acceptors (Lipinski definition) is 4. The van der Waals surface area contributed by atoms with E-state index in [1.807, 2.05) is 0 Å². The van der Waals surface area contributed by atoms with Crippen LogP contribution in [0.1, 0.15) is 45.4 Å². The molecular formula is C13H20N2O2. The first-order valence-corrected chi connectivity index (χ1v) is 6.49. The van der Waals surface area contributed by atoms with E-state index < -0.39 is 0 Å². The molecule has 0 amide bonds. The molecule has 4 aliphatic carbocycles. The fraction of sp³-hybridized carbons (Fsp3) is 0.846. The van der Waals surface area contributed by atoms with Crippen molar-refractivity contribution in [2.45, 2.75) is 45.4 Å². The van der Waals surface area contributed by atoms with Crippen LogP contribution in [0, 0.1) is 22.7 Å². The van der Waals surface area contributed by atoms with Crippen LogP contribution < -0.4 is 0 Å². The summed E-state index contributed by atoms with van der Waals surface area (Å²) in [6.07, 6.45) is 8.59. The van der Waals surface area contributed by atoms with Crippen LogP contribution in [0.5, 0.6) is 0 Å². The van der Waals surface area contributed by atoms with Gasteiger partial charge in [-0.1, -0.05) is 17.2 Å². The lowest BCUT2D eigenvalue weighted by Crippen LogP contribution is -2.54. The van der Waals surface area contributed by atoms with Gasteiger partial charge in [0.15, 0.2) is 0 Å². The number of nitrogens with zero attached hydrogens (tertiary/aromatic N) is 2. The predicted octanol–water partition coefficient (Wildman–Crippen LogP) is 2.88. The van der Waals surface area contributed by atoms with E-state index in [9.17, 15) is 5.21 Å². The van der Waals surface area contributed by atoms with Gasteiger partial charge in [0, 0.05) is 5.41 Å². The average Bonchev–Trinajstić information content (AvgIpc) is 2.22. The predicted molar refractivity (Wildman–Crippen MR) is 64.7 cm³/mol. The third-order valence-corrected chi connectivity index (χ3v) is 5.18. The molecule has 0 aliphatic heterocycles. The van der Waals surface area contributed by atoms with E-state index in [1.165, 1.54) is 25.5 Å². The van der Waals surface area contributed by atoms with Gasteiger partial charge in [-0.25, -0.2) is 0 Å². The molecule has 4 heteroatoms. The fourth-order valence-electron chi connectivity index (χ4n) is 5.34. The first-order chi connectivity index (χ1) is 8.09. The molecule has 4 nitrogen and oxygen atoms in total. The molecule has 0 aromatic carbocycles. The molecule has 0 aromatic rings. The van der Waals surface area contributed by atoms with Crippen molar-refractivity contribution in [2.75, 3.05) is 0 Å². The van der Waals surface area contributed by atoms with Crippen LogP contribution in [0.2, 0.25) is 0 Å². The zero-order valence-electron chi connectivity index (χ0n) is 10.3. The summed E-state index contributed by atoms with van der Waals surface area (Å²) in [5.74, 6) is 1.54. The first-order valence-electron chi connectivity index (χ1n) is 6.49. The van der Waals surface area contributed by atoms with Crippen molar-refractivity contribution in [3.05, 3.63) is 0 Å². The van der Waals surface area contributed by atoms with Gasteiger partial charge in [0.2, 0.25) is 0 Å². The third-order valence-electron chi connectivity index (χ3n) is 5.18. The van der Waals surface area contributed by atoms with Crippen molar-refractivity contribution in [1.82, 2.24) is 0 Å². The second-order valence-corrected chi connectivity index (χ2v) is 6.78. The molecule has 4 bridgehead atoms. The van der Waals surface area contributed by atoms with Crippen LogP contribution >= 0.6 is 0 Å². The number of oxime groups is 2. The molecular weight excluding hydrogens is 216 g/mol. The van der Waals surface area contributed by atoms with Gasteiger partial charge in [-0.05, 0) is 55.8 Å². The van der Waals surface area contributed by atoms with Gasteiger partial charge in [-0.3, -0.25) is 0 Å². The zero-order chi connectivity index (χ0) is 12.1. The van der Waals surface area contributed by atoms with Gasteiger partial charge in [0.1, 0.15) is 5.71 Å². The third kappa shape index (κ3) is 1.57. The molecule has 94 valence electrons. The monoisotopic (exact) mass is 236 g/mol. The van der Waals surface area contributed by atoms with Crippen LogP contribution in [0.3, 0.4) is 0 Å². The molecule has 4 rings (SSSR count). The molecule has 4 atom stereocenters. The Labute approximate surface area is 101 Å². The first kappa shape index (κ1) is 11.1. The Morgan fingerprint density at radius 1 is 1.18 bits per heavy atom. The Morgan fingerprint density at radius 3 is 2.29 bits per heavy atom. The zero-order valence-corrected chi connectivity index (χ0v) is 10.3. The van der Waals surface area contributed by atoms with Gasteiger partial charge in [0.05, 0.1) is 6.21 Å². The SMILES string of the molecule is CC12C[C@H]3C[C@@H](C1)CC(C(/C=N/O)=N/O)(C3)C2.